The van der Waals surface area contributed by atoms with E-state index in [-0.39, 0.29) is 0 Å². The maximum absolute atomic E-state index is 2.32. The molecule has 0 N–H and O–H groups in total. The first-order chi connectivity index (χ1) is 11.1. The fourth-order valence-corrected chi connectivity index (χ4v) is 2.12. The molecule has 0 spiro atoms. The highest BCUT2D eigenvalue weighted by atomic mass is 14.1. The van der Waals surface area contributed by atoms with E-state index >= 15 is 0 Å². The summed E-state index contributed by atoms with van der Waals surface area (Å²) in [5, 5.41) is 0. The van der Waals surface area contributed by atoms with Gasteiger partial charge in [-0.25, -0.2) is 0 Å². The maximum Gasteiger partial charge on any atom is -0.0169 e. The molecular weight excluding hydrogens is 276 g/mol. The lowest BCUT2D eigenvalue weighted by Gasteiger charge is -2.16. The predicted octanol–water partition coefficient (Wildman–Crippen LogP) is 7.95. The molecule has 0 aliphatic heterocycles. The van der Waals surface area contributed by atoms with E-state index < -0.39 is 0 Å². The van der Waals surface area contributed by atoms with Crippen LogP contribution in [-0.4, -0.2) is 0 Å². The molecule has 0 heterocycles. The van der Waals surface area contributed by atoms with Crippen molar-refractivity contribution in [2.75, 3.05) is 0 Å². The van der Waals surface area contributed by atoms with Crippen LogP contribution in [0.15, 0.2) is 60.8 Å². The summed E-state index contributed by atoms with van der Waals surface area (Å²) in [7, 11) is 0. The molecule has 0 saturated carbocycles. The van der Waals surface area contributed by atoms with Crippen molar-refractivity contribution in [1.29, 1.82) is 0 Å². The van der Waals surface area contributed by atoms with Crippen molar-refractivity contribution >= 4 is 0 Å². The molecule has 0 rings (SSSR count). The van der Waals surface area contributed by atoms with Gasteiger partial charge in [-0.3, -0.25) is 0 Å². The predicted molar refractivity (Wildman–Crippen MR) is 108 cm³/mol. The molecule has 0 radical (unpaired) electrons. The number of rotatable bonds is 12. The number of hydrogen-bond acceptors (Lipinski definition) is 0. The molecule has 0 aromatic carbocycles. The highest BCUT2D eigenvalue weighted by Gasteiger charge is 2.07. The first kappa shape index (κ1) is 21.7. The summed E-state index contributed by atoms with van der Waals surface area (Å²) in [5.74, 6) is 0. The van der Waals surface area contributed by atoms with Crippen molar-refractivity contribution in [2.45, 2.75) is 79.1 Å². The first-order valence-electron chi connectivity index (χ1n) is 9.31. The van der Waals surface area contributed by atoms with Gasteiger partial charge in [0.25, 0.3) is 0 Å². The molecule has 0 atom stereocenters. The van der Waals surface area contributed by atoms with Crippen LogP contribution in [0.25, 0.3) is 0 Å². The molecule has 0 fully saturated rings. The second kappa shape index (κ2) is 15.6. The van der Waals surface area contributed by atoms with Gasteiger partial charge in [-0.1, -0.05) is 88.5 Å². The minimum atomic E-state index is 0.474. The monoisotopic (exact) mass is 314 g/mol. The highest BCUT2D eigenvalue weighted by Crippen LogP contribution is 2.21. The summed E-state index contributed by atoms with van der Waals surface area (Å²) >= 11 is 0. The molecule has 130 valence electrons. The maximum atomic E-state index is 2.32. The third-order valence-electron chi connectivity index (χ3n) is 3.46. The van der Waals surface area contributed by atoms with Gasteiger partial charge in [0.15, 0.2) is 0 Å². The van der Waals surface area contributed by atoms with E-state index in [9.17, 15) is 0 Å². The van der Waals surface area contributed by atoms with Crippen LogP contribution in [0, 0.1) is 5.41 Å². The number of allylic oxidation sites excluding steroid dienone is 10. The number of unbranched alkanes of at least 4 members (excludes halogenated alkanes) is 1. The molecule has 0 bridgehead atoms. The third-order valence-corrected chi connectivity index (χ3v) is 3.46. The first-order valence-corrected chi connectivity index (χ1v) is 9.31. The van der Waals surface area contributed by atoms with E-state index in [0.717, 1.165) is 32.1 Å². The Balaban J connectivity index is 3.49. The van der Waals surface area contributed by atoms with Crippen LogP contribution in [0.1, 0.15) is 79.1 Å². The molecule has 0 saturated heterocycles. The Morgan fingerprint density at radius 1 is 0.565 bits per heavy atom. The van der Waals surface area contributed by atoms with E-state index in [4.69, 9.17) is 0 Å². The van der Waals surface area contributed by atoms with Gasteiger partial charge in [-0.2, -0.15) is 0 Å². The van der Waals surface area contributed by atoms with Crippen molar-refractivity contribution in [3.05, 3.63) is 60.8 Å². The van der Waals surface area contributed by atoms with Crippen LogP contribution >= 0.6 is 0 Å². The van der Waals surface area contributed by atoms with Crippen LogP contribution in [0.4, 0.5) is 0 Å². The van der Waals surface area contributed by atoms with Gasteiger partial charge in [0, 0.05) is 0 Å². The topological polar surface area (TPSA) is 0 Å². The second-order valence-corrected chi connectivity index (χ2v) is 7.16. The van der Waals surface area contributed by atoms with Gasteiger partial charge >= 0.3 is 0 Å². The van der Waals surface area contributed by atoms with E-state index in [2.05, 4.69) is 88.5 Å². The summed E-state index contributed by atoms with van der Waals surface area (Å²) in [6, 6.07) is 0. The van der Waals surface area contributed by atoms with Crippen LogP contribution in [0.2, 0.25) is 0 Å². The molecule has 0 heteroatoms. The zero-order valence-corrected chi connectivity index (χ0v) is 15.9. The van der Waals surface area contributed by atoms with Crippen molar-refractivity contribution in [2.24, 2.45) is 5.41 Å². The quantitative estimate of drug-likeness (QED) is 0.253. The Morgan fingerprint density at radius 2 is 0.957 bits per heavy atom. The molecule has 0 aromatic rings. The van der Waals surface area contributed by atoms with Gasteiger partial charge < -0.3 is 0 Å². The lowest BCUT2D eigenvalue weighted by molar-refractivity contribution is 0.367. The standard InChI is InChI=1S/C23H38/c1-5-6-7-8-9-10-11-12-13-14-15-16-17-18-19-20-21-22-23(2,3)4/h6-7,9-10,12-13,15-16,18-19H,5,8,11,14,17,20-22H2,1-4H3/b7-6-,10-9-,13-12-,16-15-,19-18-. The summed E-state index contributed by atoms with van der Waals surface area (Å²) in [6.45, 7) is 9.10. The molecule has 0 aromatic heterocycles. The van der Waals surface area contributed by atoms with Crippen LogP contribution in [0.3, 0.4) is 0 Å². The van der Waals surface area contributed by atoms with Gasteiger partial charge in [-0.05, 0) is 56.8 Å². The van der Waals surface area contributed by atoms with Crippen molar-refractivity contribution in [3.63, 3.8) is 0 Å². The van der Waals surface area contributed by atoms with E-state index in [1.807, 2.05) is 0 Å². The third kappa shape index (κ3) is 20.7. The fraction of sp³-hybridized carbons (Fsp3) is 0.565. The summed E-state index contributed by atoms with van der Waals surface area (Å²) < 4.78 is 0. The zero-order chi connectivity index (χ0) is 17.2. The summed E-state index contributed by atoms with van der Waals surface area (Å²) in [6.07, 6.45) is 31.7. The SMILES string of the molecule is CC/C=C\C/C=C\C/C=C\C/C=C\C/C=C\CCCC(C)(C)C. The molecule has 0 nitrogen and oxygen atoms in total. The Labute approximate surface area is 145 Å². The van der Waals surface area contributed by atoms with Gasteiger partial charge in [-0.15, -0.1) is 0 Å². The Morgan fingerprint density at radius 3 is 1.35 bits per heavy atom. The Hall–Kier alpha value is -1.30. The highest BCUT2D eigenvalue weighted by molar-refractivity contribution is 5.00. The molecule has 0 unspecified atom stereocenters. The lowest BCUT2D eigenvalue weighted by atomic mass is 9.90. The van der Waals surface area contributed by atoms with Crippen molar-refractivity contribution in [1.82, 2.24) is 0 Å². The largest absolute Gasteiger partial charge is 0.0885 e. The molecule has 0 aliphatic carbocycles. The van der Waals surface area contributed by atoms with E-state index in [1.165, 1.54) is 19.3 Å². The van der Waals surface area contributed by atoms with Crippen LogP contribution in [-0.2, 0) is 0 Å². The van der Waals surface area contributed by atoms with Gasteiger partial charge in [0.2, 0.25) is 0 Å². The Bertz CT molecular complexity index is 383. The molecule has 0 amide bonds. The smallest absolute Gasteiger partial charge is 0.0169 e. The van der Waals surface area contributed by atoms with Crippen LogP contribution < -0.4 is 0 Å². The average molecular weight is 315 g/mol. The number of hydrogen-bond donors (Lipinski definition) is 0. The summed E-state index contributed by atoms with van der Waals surface area (Å²) in [5.41, 5.74) is 0.474. The average Bonchev–Trinajstić information content (AvgIpc) is 2.49. The van der Waals surface area contributed by atoms with Crippen molar-refractivity contribution < 1.29 is 0 Å². The fourth-order valence-electron chi connectivity index (χ4n) is 2.12. The minimum absolute atomic E-state index is 0.474. The minimum Gasteiger partial charge on any atom is -0.0885 e. The van der Waals surface area contributed by atoms with Gasteiger partial charge in [0.05, 0.1) is 0 Å². The second-order valence-electron chi connectivity index (χ2n) is 7.16. The normalized spacial score (nSPS) is 13.7. The molecular formula is C23H38. The molecule has 23 heavy (non-hydrogen) atoms. The zero-order valence-electron chi connectivity index (χ0n) is 15.9. The van der Waals surface area contributed by atoms with Crippen LogP contribution in [0.5, 0.6) is 0 Å². The Kier molecular flexibility index (Phi) is 14.7. The summed E-state index contributed by atoms with van der Waals surface area (Å²) in [4.78, 5) is 0. The lowest BCUT2D eigenvalue weighted by Crippen LogP contribution is -2.03. The molecule has 0 aliphatic rings. The van der Waals surface area contributed by atoms with Crippen molar-refractivity contribution in [3.8, 4) is 0 Å². The van der Waals surface area contributed by atoms with E-state index in [1.54, 1.807) is 0 Å². The van der Waals surface area contributed by atoms with Gasteiger partial charge in [0.1, 0.15) is 0 Å². The van der Waals surface area contributed by atoms with E-state index in [0.29, 0.717) is 5.41 Å².